The highest BCUT2D eigenvalue weighted by Gasteiger charge is 2.44. The van der Waals surface area contributed by atoms with Crippen molar-refractivity contribution in [1.82, 2.24) is 10.3 Å². The molecule has 1 aromatic heterocycles. The van der Waals surface area contributed by atoms with E-state index in [9.17, 15) is 26.4 Å². The Morgan fingerprint density at radius 2 is 1.73 bits per heavy atom. The van der Waals surface area contributed by atoms with Crippen LogP contribution in [0.3, 0.4) is 0 Å². The van der Waals surface area contributed by atoms with Gasteiger partial charge in [-0.15, -0.1) is 0 Å². The van der Waals surface area contributed by atoms with Gasteiger partial charge in [-0.2, -0.15) is 13.2 Å². The highest BCUT2D eigenvalue weighted by Crippen LogP contribution is 2.30. The van der Waals surface area contributed by atoms with Gasteiger partial charge in [-0.25, -0.2) is 13.4 Å². The smallest absolute Gasteiger partial charge is 0.417 e. The molecule has 0 spiro atoms. The maximum absolute atomic E-state index is 12.7. The monoisotopic (exact) mass is 446 g/mol. The van der Waals surface area contributed by atoms with Crippen LogP contribution in [0.15, 0.2) is 47.6 Å². The Bertz CT molecular complexity index is 990. The van der Waals surface area contributed by atoms with E-state index in [1.807, 2.05) is 0 Å². The first-order valence-corrected chi connectivity index (χ1v) is 10.2. The van der Waals surface area contributed by atoms with Crippen LogP contribution in [0, 0.1) is 0 Å². The summed E-state index contributed by atoms with van der Waals surface area (Å²) in [6, 6.07) is 8.21. The van der Waals surface area contributed by atoms with Crippen molar-refractivity contribution in [3.63, 3.8) is 0 Å². The molecule has 0 aliphatic rings. The van der Waals surface area contributed by atoms with Crippen LogP contribution in [0.1, 0.15) is 19.4 Å². The van der Waals surface area contributed by atoms with Gasteiger partial charge in [0.1, 0.15) is 6.61 Å². The summed E-state index contributed by atoms with van der Waals surface area (Å²) in [7, 11) is -2.87. The molecule has 7 nitrogen and oxygen atoms in total. The van der Waals surface area contributed by atoms with Gasteiger partial charge in [0.25, 0.3) is 0 Å². The molecule has 0 atom stereocenters. The van der Waals surface area contributed by atoms with E-state index < -0.39 is 37.3 Å². The highest BCUT2D eigenvalue weighted by molar-refractivity contribution is 7.93. The Balaban J connectivity index is 2.03. The van der Waals surface area contributed by atoms with Gasteiger partial charge in [-0.05, 0) is 38.1 Å². The number of ether oxygens (including phenoxy) is 2. The number of halogens is 3. The van der Waals surface area contributed by atoms with E-state index in [0.717, 1.165) is 19.9 Å². The number of sulfone groups is 1. The van der Waals surface area contributed by atoms with Gasteiger partial charge in [0, 0.05) is 6.20 Å². The number of amides is 1. The second-order valence-corrected chi connectivity index (χ2v) is 9.10. The van der Waals surface area contributed by atoms with Crippen molar-refractivity contribution < 1.29 is 35.9 Å². The van der Waals surface area contributed by atoms with E-state index in [0.29, 0.717) is 23.8 Å². The van der Waals surface area contributed by atoms with Gasteiger partial charge >= 0.3 is 6.18 Å². The first-order chi connectivity index (χ1) is 13.9. The summed E-state index contributed by atoms with van der Waals surface area (Å²) in [6.07, 6.45) is -4.23. The van der Waals surface area contributed by atoms with Crippen molar-refractivity contribution in [3.8, 4) is 11.5 Å². The molecular formula is C19H21F3N2O5S. The Morgan fingerprint density at radius 1 is 1.10 bits per heavy atom. The lowest BCUT2D eigenvalue weighted by Crippen LogP contribution is -2.49. The molecule has 0 fully saturated rings. The molecule has 30 heavy (non-hydrogen) atoms. The number of aromatic nitrogens is 1. The van der Waals surface area contributed by atoms with Crippen LogP contribution < -0.4 is 14.8 Å². The van der Waals surface area contributed by atoms with Gasteiger partial charge in [-0.1, -0.05) is 12.1 Å². The summed E-state index contributed by atoms with van der Waals surface area (Å²) in [6.45, 7) is 2.34. The lowest BCUT2D eigenvalue weighted by Gasteiger charge is -2.23. The summed E-state index contributed by atoms with van der Waals surface area (Å²) in [4.78, 5) is 15.9. The van der Waals surface area contributed by atoms with Gasteiger partial charge in [0.05, 0.1) is 19.2 Å². The zero-order valence-corrected chi connectivity index (χ0v) is 17.3. The number of hydrogen-bond acceptors (Lipinski definition) is 6. The number of para-hydroxylation sites is 2. The molecule has 1 N–H and O–H groups in total. The number of hydrogen-bond donors (Lipinski definition) is 1. The fraction of sp³-hybridized carbons (Fsp3) is 0.368. The van der Waals surface area contributed by atoms with Crippen molar-refractivity contribution in [2.75, 3.05) is 20.3 Å². The summed E-state index contributed by atoms with van der Waals surface area (Å²) in [5.74, 6) is 0.114. The SMILES string of the molecule is COc1ccccc1OCCNC(=O)C(C)(C)S(=O)(=O)c1ccc(C(F)(F)F)cn1. The van der Waals surface area contributed by atoms with Gasteiger partial charge < -0.3 is 14.8 Å². The molecule has 0 radical (unpaired) electrons. The Kier molecular flexibility index (Phi) is 6.96. The van der Waals surface area contributed by atoms with Crippen molar-refractivity contribution >= 4 is 15.7 Å². The normalized spacial score (nSPS) is 12.3. The average molecular weight is 446 g/mol. The van der Waals surface area contributed by atoms with E-state index in [-0.39, 0.29) is 13.2 Å². The van der Waals surface area contributed by atoms with Crippen LogP contribution in [-0.2, 0) is 20.8 Å². The minimum Gasteiger partial charge on any atom is -0.493 e. The largest absolute Gasteiger partial charge is 0.493 e. The van der Waals surface area contributed by atoms with Crippen molar-refractivity contribution in [1.29, 1.82) is 0 Å². The molecule has 0 aliphatic carbocycles. The van der Waals surface area contributed by atoms with Crippen molar-refractivity contribution in [3.05, 3.63) is 48.2 Å². The summed E-state index contributed by atoms with van der Waals surface area (Å²) in [5.41, 5.74) is -1.09. The molecule has 164 valence electrons. The third kappa shape index (κ3) is 5.02. The van der Waals surface area contributed by atoms with E-state index in [2.05, 4.69) is 10.3 Å². The predicted molar refractivity (Wildman–Crippen MR) is 102 cm³/mol. The summed E-state index contributed by atoms with van der Waals surface area (Å²) < 4.78 is 72.1. The average Bonchev–Trinajstić information content (AvgIpc) is 2.70. The second-order valence-electron chi connectivity index (χ2n) is 6.65. The van der Waals surface area contributed by atoms with Crippen LogP contribution >= 0.6 is 0 Å². The third-order valence-corrected chi connectivity index (χ3v) is 6.59. The first kappa shape index (κ1) is 23.5. The molecule has 1 aromatic carbocycles. The number of methoxy groups -OCH3 is 1. The number of carbonyl (C=O) groups is 1. The molecule has 0 bridgehead atoms. The number of benzene rings is 1. The zero-order chi connectivity index (χ0) is 22.6. The van der Waals surface area contributed by atoms with Crippen LogP contribution in [-0.4, -0.2) is 44.3 Å². The molecule has 0 aliphatic heterocycles. The molecule has 1 amide bonds. The number of pyridine rings is 1. The molecule has 0 saturated carbocycles. The Hall–Kier alpha value is -2.82. The van der Waals surface area contributed by atoms with E-state index in [1.165, 1.54) is 7.11 Å². The fourth-order valence-electron chi connectivity index (χ4n) is 2.37. The fourth-order valence-corrected chi connectivity index (χ4v) is 3.64. The number of rotatable bonds is 8. The van der Waals surface area contributed by atoms with E-state index in [1.54, 1.807) is 24.3 Å². The predicted octanol–water partition coefficient (Wildman–Crippen LogP) is 2.86. The lowest BCUT2D eigenvalue weighted by atomic mass is 10.2. The second kappa shape index (κ2) is 8.90. The van der Waals surface area contributed by atoms with E-state index in [4.69, 9.17) is 9.47 Å². The van der Waals surface area contributed by atoms with Crippen LogP contribution in [0.4, 0.5) is 13.2 Å². The molecule has 2 rings (SSSR count). The number of carbonyl (C=O) groups excluding carboxylic acids is 1. The molecule has 0 unspecified atom stereocenters. The van der Waals surface area contributed by atoms with Crippen LogP contribution in [0.5, 0.6) is 11.5 Å². The highest BCUT2D eigenvalue weighted by atomic mass is 32.2. The minimum atomic E-state index is -4.65. The summed E-state index contributed by atoms with van der Waals surface area (Å²) >= 11 is 0. The first-order valence-electron chi connectivity index (χ1n) is 8.73. The molecular weight excluding hydrogens is 425 g/mol. The minimum absolute atomic E-state index is 0.00370. The number of alkyl halides is 3. The van der Waals surface area contributed by atoms with Crippen molar-refractivity contribution in [2.45, 2.75) is 29.8 Å². The van der Waals surface area contributed by atoms with Gasteiger partial charge in [-0.3, -0.25) is 4.79 Å². The molecule has 1 heterocycles. The maximum Gasteiger partial charge on any atom is 0.417 e. The molecule has 11 heteroatoms. The Morgan fingerprint density at radius 3 is 2.27 bits per heavy atom. The molecule has 2 aromatic rings. The lowest BCUT2D eigenvalue weighted by molar-refractivity contribution is -0.137. The number of nitrogens with zero attached hydrogens (tertiary/aromatic N) is 1. The van der Waals surface area contributed by atoms with Crippen molar-refractivity contribution in [2.24, 2.45) is 0 Å². The zero-order valence-electron chi connectivity index (χ0n) is 16.5. The van der Waals surface area contributed by atoms with E-state index >= 15 is 0 Å². The van der Waals surface area contributed by atoms with Crippen LogP contribution in [0.2, 0.25) is 0 Å². The summed E-state index contributed by atoms with van der Waals surface area (Å²) in [5, 5.41) is 1.83. The quantitative estimate of drug-likeness (QED) is 0.627. The molecule has 0 saturated heterocycles. The maximum atomic E-state index is 12.7. The Labute approximate surface area is 172 Å². The standard InChI is InChI=1S/C19H21F3N2O5S/c1-18(2,30(26,27)16-9-8-13(12-24-16)19(20,21)22)17(25)23-10-11-29-15-7-5-4-6-14(15)28-3/h4-9,12H,10-11H2,1-3H3,(H,23,25). The van der Waals surface area contributed by atoms with Gasteiger partial charge in [0.15, 0.2) is 21.3 Å². The topological polar surface area (TPSA) is 94.6 Å². The number of nitrogens with one attached hydrogen (secondary N) is 1. The third-order valence-electron chi connectivity index (χ3n) is 4.27. The van der Waals surface area contributed by atoms with Crippen LogP contribution in [0.25, 0.3) is 0 Å². The van der Waals surface area contributed by atoms with Gasteiger partial charge in [0.2, 0.25) is 15.7 Å².